The molecule has 1 saturated heterocycles. The number of likely N-dealkylation sites (tertiary alicyclic amines) is 1. The van der Waals surface area contributed by atoms with E-state index in [0.29, 0.717) is 12.5 Å². The number of nitrogens with zero attached hydrogens (tertiary/aromatic N) is 2. The van der Waals surface area contributed by atoms with Crippen molar-refractivity contribution in [3.63, 3.8) is 0 Å². The Morgan fingerprint density at radius 2 is 2.12 bits per heavy atom. The van der Waals surface area contributed by atoms with E-state index in [2.05, 4.69) is 16.3 Å². The van der Waals surface area contributed by atoms with Gasteiger partial charge in [-0.25, -0.2) is 0 Å². The third-order valence-corrected chi connectivity index (χ3v) is 3.01. The first-order chi connectivity index (χ1) is 7.72. The van der Waals surface area contributed by atoms with Crippen molar-refractivity contribution in [1.29, 1.82) is 5.26 Å². The molecule has 1 rings (SSSR count). The average Bonchev–Trinajstić information content (AvgIpc) is 2.26. The third-order valence-electron chi connectivity index (χ3n) is 3.01. The number of hydrogen-bond donors (Lipinski definition) is 1. The Hall–Kier alpha value is -1.08. The number of carbonyl (C=O) groups excluding carboxylic acids is 1. The minimum absolute atomic E-state index is 0.0764. The van der Waals surface area contributed by atoms with E-state index in [9.17, 15) is 4.79 Å². The fourth-order valence-electron chi connectivity index (χ4n) is 2.13. The second-order valence-electron chi connectivity index (χ2n) is 4.43. The summed E-state index contributed by atoms with van der Waals surface area (Å²) < 4.78 is 0. The lowest BCUT2D eigenvalue weighted by molar-refractivity contribution is -0.119. The molecule has 1 heterocycles. The van der Waals surface area contributed by atoms with Crippen molar-refractivity contribution >= 4 is 5.91 Å². The minimum atomic E-state index is 0.0764. The van der Waals surface area contributed by atoms with E-state index in [4.69, 9.17) is 5.26 Å². The molecule has 0 aromatic heterocycles. The number of unbranched alkanes of at least 4 members (excludes halogenated alkanes) is 2. The van der Waals surface area contributed by atoms with Crippen molar-refractivity contribution in [2.45, 2.75) is 45.1 Å². The predicted molar refractivity (Wildman–Crippen MR) is 62.7 cm³/mol. The van der Waals surface area contributed by atoms with Gasteiger partial charge in [-0.1, -0.05) is 0 Å². The SMILES string of the molecule is CC(=O)NC1CCN(CCCCC#N)CC1. The monoisotopic (exact) mass is 223 g/mol. The van der Waals surface area contributed by atoms with Crippen molar-refractivity contribution < 1.29 is 4.79 Å². The van der Waals surface area contributed by atoms with E-state index in [1.807, 2.05) is 0 Å². The molecule has 0 unspecified atom stereocenters. The van der Waals surface area contributed by atoms with E-state index in [0.717, 1.165) is 45.3 Å². The lowest BCUT2D eigenvalue weighted by Gasteiger charge is -2.32. The van der Waals surface area contributed by atoms with Crippen LogP contribution in [0.15, 0.2) is 0 Å². The molecule has 1 aliphatic heterocycles. The van der Waals surface area contributed by atoms with Crippen LogP contribution in [-0.4, -0.2) is 36.5 Å². The molecule has 0 aromatic carbocycles. The van der Waals surface area contributed by atoms with Crippen LogP contribution < -0.4 is 5.32 Å². The van der Waals surface area contributed by atoms with E-state index in [-0.39, 0.29) is 5.91 Å². The third kappa shape index (κ3) is 5.13. The Morgan fingerprint density at radius 1 is 1.44 bits per heavy atom. The molecule has 4 nitrogen and oxygen atoms in total. The molecule has 90 valence electrons. The molecule has 1 aliphatic rings. The largest absolute Gasteiger partial charge is 0.354 e. The van der Waals surface area contributed by atoms with Gasteiger partial charge in [0.25, 0.3) is 0 Å². The van der Waals surface area contributed by atoms with Crippen molar-refractivity contribution in [2.75, 3.05) is 19.6 Å². The Kier molecular flexibility index (Phi) is 5.87. The second-order valence-corrected chi connectivity index (χ2v) is 4.43. The number of rotatable bonds is 5. The fourth-order valence-corrected chi connectivity index (χ4v) is 2.13. The van der Waals surface area contributed by atoms with Crippen LogP contribution in [-0.2, 0) is 4.79 Å². The highest BCUT2D eigenvalue weighted by atomic mass is 16.1. The lowest BCUT2D eigenvalue weighted by Crippen LogP contribution is -2.44. The fraction of sp³-hybridized carbons (Fsp3) is 0.833. The highest BCUT2D eigenvalue weighted by Gasteiger charge is 2.18. The summed E-state index contributed by atoms with van der Waals surface area (Å²) in [6.07, 6.45) is 4.89. The zero-order chi connectivity index (χ0) is 11.8. The second kappa shape index (κ2) is 7.24. The first-order valence-electron chi connectivity index (χ1n) is 6.09. The molecule has 0 atom stereocenters. The van der Waals surface area contributed by atoms with E-state index in [1.165, 1.54) is 0 Å². The normalized spacial score (nSPS) is 18.0. The molecule has 0 spiro atoms. The van der Waals surface area contributed by atoms with Crippen LogP contribution in [0.3, 0.4) is 0 Å². The van der Waals surface area contributed by atoms with Gasteiger partial charge in [-0.15, -0.1) is 0 Å². The van der Waals surface area contributed by atoms with Crippen molar-refractivity contribution in [3.8, 4) is 6.07 Å². The van der Waals surface area contributed by atoms with Crippen molar-refractivity contribution in [3.05, 3.63) is 0 Å². The van der Waals surface area contributed by atoms with Gasteiger partial charge in [0.1, 0.15) is 0 Å². The van der Waals surface area contributed by atoms with Crippen LogP contribution in [0.1, 0.15) is 39.0 Å². The summed E-state index contributed by atoms with van der Waals surface area (Å²) in [4.78, 5) is 13.3. The molecular formula is C12H21N3O. The highest BCUT2D eigenvalue weighted by molar-refractivity contribution is 5.73. The van der Waals surface area contributed by atoms with E-state index in [1.54, 1.807) is 6.92 Å². The molecule has 0 aliphatic carbocycles. The van der Waals surface area contributed by atoms with Crippen LogP contribution in [0, 0.1) is 11.3 Å². The van der Waals surface area contributed by atoms with Gasteiger partial charge >= 0.3 is 0 Å². The molecule has 1 amide bonds. The van der Waals surface area contributed by atoms with Crippen molar-refractivity contribution in [1.82, 2.24) is 10.2 Å². The van der Waals surface area contributed by atoms with Crippen LogP contribution in [0.2, 0.25) is 0 Å². The summed E-state index contributed by atoms with van der Waals surface area (Å²) in [5, 5.41) is 11.4. The quantitative estimate of drug-likeness (QED) is 0.714. The molecule has 0 saturated carbocycles. The van der Waals surface area contributed by atoms with Crippen LogP contribution in [0.25, 0.3) is 0 Å². The van der Waals surface area contributed by atoms with Gasteiger partial charge in [0.15, 0.2) is 0 Å². The minimum Gasteiger partial charge on any atom is -0.354 e. The van der Waals surface area contributed by atoms with Gasteiger partial charge in [-0.3, -0.25) is 4.79 Å². The number of piperidine rings is 1. The van der Waals surface area contributed by atoms with Gasteiger partial charge < -0.3 is 10.2 Å². The first-order valence-corrected chi connectivity index (χ1v) is 6.09. The maximum atomic E-state index is 10.9. The zero-order valence-electron chi connectivity index (χ0n) is 10.0. The standard InChI is InChI=1S/C12H21N3O/c1-11(16)14-12-5-9-15(10-6-12)8-4-2-3-7-13/h12H,2-6,8-10H2,1H3,(H,14,16). The summed E-state index contributed by atoms with van der Waals surface area (Å²) in [6, 6.07) is 2.54. The number of carbonyl (C=O) groups is 1. The van der Waals surface area contributed by atoms with Gasteiger partial charge in [0, 0.05) is 32.5 Å². The van der Waals surface area contributed by atoms with Crippen LogP contribution in [0.4, 0.5) is 0 Å². The summed E-state index contributed by atoms with van der Waals surface area (Å²) >= 11 is 0. The molecule has 0 bridgehead atoms. The summed E-state index contributed by atoms with van der Waals surface area (Å²) in [5.41, 5.74) is 0. The Balaban J connectivity index is 2.08. The van der Waals surface area contributed by atoms with Crippen molar-refractivity contribution in [2.24, 2.45) is 0 Å². The molecule has 1 fully saturated rings. The first kappa shape index (κ1) is 13.0. The highest BCUT2D eigenvalue weighted by Crippen LogP contribution is 2.11. The van der Waals surface area contributed by atoms with E-state index >= 15 is 0 Å². The number of amides is 1. The lowest BCUT2D eigenvalue weighted by atomic mass is 10.0. The van der Waals surface area contributed by atoms with Crippen LogP contribution in [0.5, 0.6) is 0 Å². The molecule has 16 heavy (non-hydrogen) atoms. The Bertz CT molecular complexity index is 251. The number of hydrogen-bond acceptors (Lipinski definition) is 3. The molecule has 4 heteroatoms. The summed E-state index contributed by atoms with van der Waals surface area (Å²) in [6.45, 7) is 4.80. The molecular weight excluding hydrogens is 202 g/mol. The van der Waals surface area contributed by atoms with Gasteiger partial charge in [-0.2, -0.15) is 5.26 Å². The van der Waals surface area contributed by atoms with Gasteiger partial charge in [-0.05, 0) is 32.2 Å². The van der Waals surface area contributed by atoms with Gasteiger partial charge in [0.05, 0.1) is 6.07 Å². The summed E-state index contributed by atoms with van der Waals surface area (Å²) in [7, 11) is 0. The topological polar surface area (TPSA) is 56.1 Å². The zero-order valence-corrected chi connectivity index (χ0v) is 10.0. The maximum Gasteiger partial charge on any atom is 0.217 e. The smallest absolute Gasteiger partial charge is 0.217 e. The van der Waals surface area contributed by atoms with Gasteiger partial charge in [0.2, 0.25) is 5.91 Å². The number of nitrogens with one attached hydrogen (secondary N) is 1. The Labute approximate surface area is 97.6 Å². The number of nitriles is 1. The van der Waals surface area contributed by atoms with E-state index < -0.39 is 0 Å². The average molecular weight is 223 g/mol. The van der Waals surface area contributed by atoms with Crippen LogP contribution >= 0.6 is 0 Å². The maximum absolute atomic E-state index is 10.9. The molecule has 0 radical (unpaired) electrons. The Morgan fingerprint density at radius 3 is 2.69 bits per heavy atom. The molecule has 0 aromatic rings. The molecule has 1 N–H and O–H groups in total. The summed E-state index contributed by atoms with van der Waals surface area (Å²) in [5.74, 6) is 0.0764. The predicted octanol–water partition coefficient (Wildman–Crippen LogP) is 1.28.